The number of hydrogen-bond donors (Lipinski definition) is 2. The van der Waals surface area contributed by atoms with Crippen molar-refractivity contribution in [1.82, 2.24) is 10.6 Å². The lowest BCUT2D eigenvalue weighted by molar-refractivity contribution is -0.118. The SMILES string of the molecule is CC(C(=O)NC(C)CCCC(C)C)=C1CNC1. The molecule has 1 aliphatic rings. The number of nitrogens with one attached hydrogen (secondary N) is 2. The lowest BCUT2D eigenvalue weighted by Crippen LogP contribution is -2.39. The molecule has 1 aliphatic heterocycles. The van der Waals surface area contributed by atoms with Gasteiger partial charge in [-0.25, -0.2) is 0 Å². The van der Waals surface area contributed by atoms with Gasteiger partial charge in [0.25, 0.3) is 0 Å². The van der Waals surface area contributed by atoms with Crippen molar-refractivity contribution in [2.75, 3.05) is 13.1 Å². The molecule has 0 aromatic heterocycles. The van der Waals surface area contributed by atoms with Gasteiger partial charge in [0, 0.05) is 24.7 Å². The van der Waals surface area contributed by atoms with Crippen LogP contribution < -0.4 is 10.6 Å². The van der Waals surface area contributed by atoms with Crippen molar-refractivity contribution < 1.29 is 4.79 Å². The average molecular weight is 238 g/mol. The molecule has 1 saturated heterocycles. The molecule has 98 valence electrons. The van der Waals surface area contributed by atoms with E-state index in [2.05, 4.69) is 31.4 Å². The minimum atomic E-state index is 0.110. The highest BCUT2D eigenvalue weighted by Gasteiger charge is 2.17. The molecule has 3 heteroatoms. The van der Waals surface area contributed by atoms with Crippen LogP contribution in [0.4, 0.5) is 0 Å². The fourth-order valence-corrected chi connectivity index (χ4v) is 1.91. The summed E-state index contributed by atoms with van der Waals surface area (Å²) >= 11 is 0. The maximum atomic E-state index is 11.9. The molecule has 0 saturated carbocycles. The Morgan fingerprint density at radius 3 is 2.41 bits per heavy atom. The molecule has 1 unspecified atom stereocenters. The molecule has 0 spiro atoms. The van der Waals surface area contributed by atoms with E-state index in [9.17, 15) is 4.79 Å². The van der Waals surface area contributed by atoms with E-state index in [0.29, 0.717) is 0 Å². The Morgan fingerprint density at radius 2 is 1.94 bits per heavy atom. The highest BCUT2D eigenvalue weighted by atomic mass is 16.1. The van der Waals surface area contributed by atoms with Crippen molar-refractivity contribution in [3.8, 4) is 0 Å². The van der Waals surface area contributed by atoms with Gasteiger partial charge in [-0.3, -0.25) is 4.79 Å². The Morgan fingerprint density at radius 1 is 1.29 bits per heavy atom. The first kappa shape index (κ1) is 14.2. The highest BCUT2D eigenvalue weighted by Crippen LogP contribution is 2.11. The minimum Gasteiger partial charge on any atom is -0.350 e. The maximum absolute atomic E-state index is 11.9. The summed E-state index contributed by atoms with van der Waals surface area (Å²) < 4.78 is 0. The van der Waals surface area contributed by atoms with Crippen LogP contribution >= 0.6 is 0 Å². The van der Waals surface area contributed by atoms with E-state index in [1.54, 1.807) is 0 Å². The molecule has 0 aliphatic carbocycles. The van der Waals surface area contributed by atoms with Crippen LogP contribution in [0.5, 0.6) is 0 Å². The fourth-order valence-electron chi connectivity index (χ4n) is 1.91. The third-order valence-corrected chi connectivity index (χ3v) is 3.34. The van der Waals surface area contributed by atoms with Crippen LogP contribution in [0.15, 0.2) is 11.1 Å². The molecule has 0 aromatic rings. The first-order chi connectivity index (χ1) is 8.00. The van der Waals surface area contributed by atoms with E-state index in [0.717, 1.165) is 31.0 Å². The van der Waals surface area contributed by atoms with E-state index >= 15 is 0 Å². The van der Waals surface area contributed by atoms with Crippen molar-refractivity contribution in [2.45, 2.75) is 53.0 Å². The summed E-state index contributed by atoms with van der Waals surface area (Å²) in [6, 6.07) is 0.282. The lowest BCUT2D eigenvalue weighted by Gasteiger charge is -2.22. The third kappa shape index (κ3) is 4.90. The second-order valence-electron chi connectivity index (χ2n) is 5.53. The van der Waals surface area contributed by atoms with Crippen molar-refractivity contribution >= 4 is 5.91 Å². The van der Waals surface area contributed by atoms with Crippen LogP contribution in [0.3, 0.4) is 0 Å². The van der Waals surface area contributed by atoms with Gasteiger partial charge in [-0.05, 0) is 31.8 Å². The molecule has 0 radical (unpaired) electrons. The standard InChI is InChI=1S/C14H26N2O/c1-10(2)6-5-7-11(3)16-14(17)12(4)13-8-15-9-13/h10-11,15H,5-9H2,1-4H3,(H,16,17). The van der Waals surface area contributed by atoms with Crippen LogP contribution in [0.2, 0.25) is 0 Å². The van der Waals surface area contributed by atoms with E-state index in [-0.39, 0.29) is 11.9 Å². The summed E-state index contributed by atoms with van der Waals surface area (Å²) in [6.07, 6.45) is 3.51. The molecule has 1 heterocycles. The first-order valence-corrected chi connectivity index (χ1v) is 6.71. The van der Waals surface area contributed by atoms with Gasteiger partial charge in [-0.1, -0.05) is 26.7 Å². The molecule has 1 rings (SSSR count). The normalized spacial score (nSPS) is 16.6. The van der Waals surface area contributed by atoms with Gasteiger partial charge in [-0.2, -0.15) is 0 Å². The van der Waals surface area contributed by atoms with Crippen molar-refractivity contribution in [3.63, 3.8) is 0 Å². The van der Waals surface area contributed by atoms with Gasteiger partial charge in [0.05, 0.1) is 0 Å². The molecule has 1 amide bonds. The van der Waals surface area contributed by atoms with E-state index in [1.165, 1.54) is 18.4 Å². The summed E-state index contributed by atoms with van der Waals surface area (Å²) in [5.41, 5.74) is 2.15. The number of carbonyl (C=O) groups excluding carboxylic acids is 1. The quantitative estimate of drug-likeness (QED) is 0.697. The molecule has 3 nitrogen and oxygen atoms in total. The van der Waals surface area contributed by atoms with E-state index in [1.807, 2.05) is 6.92 Å². The Balaban J connectivity index is 2.26. The molecule has 1 atom stereocenters. The summed E-state index contributed by atoms with van der Waals surface area (Å²) in [4.78, 5) is 11.9. The second-order valence-corrected chi connectivity index (χ2v) is 5.53. The van der Waals surface area contributed by atoms with Crippen molar-refractivity contribution in [3.05, 3.63) is 11.1 Å². The van der Waals surface area contributed by atoms with Crippen LogP contribution in [-0.2, 0) is 4.79 Å². The van der Waals surface area contributed by atoms with Crippen LogP contribution in [-0.4, -0.2) is 25.0 Å². The molecule has 2 N–H and O–H groups in total. The Kier molecular flexibility index (Phi) is 5.69. The fraction of sp³-hybridized carbons (Fsp3) is 0.786. The second kappa shape index (κ2) is 6.80. The van der Waals surface area contributed by atoms with Gasteiger partial charge in [0.1, 0.15) is 0 Å². The zero-order valence-electron chi connectivity index (χ0n) is 11.6. The highest BCUT2D eigenvalue weighted by molar-refractivity contribution is 5.94. The number of rotatable bonds is 6. The molecule has 0 aromatic carbocycles. The largest absolute Gasteiger partial charge is 0.350 e. The number of carbonyl (C=O) groups is 1. The predicted molar refractivity (Wildman–Crippen MR) is 71.9 cm³/mol. The van der Waals surface area contributed by atoms with E-state index in [4.69, 9.17) is 0 Å². The Labute approximate surface area is 105 Å². The van der Waals surface area contributed by atoms with E-state index < -0.39 is 0 Å². The lowest BCUT2D eigenvalue weighted by atomic mass is 10.0. The van der Waals surface area contributed by atoms with Gasteiger partial charge in [0.15, 0.2) is 0 Å². The summed E-state index contributed by atoms with van der Waals surface area (Å²) in [6.45, 7) is 10.2. The Hall–Kier alpha value is -0.830. The Bertz CT molecular complexity index is 289. The number of hydrogen-bond acceptors (Lipinski definition) is 2. The summed E-state index contributed by atoms with van der Waals surface area (Å²) in [7, 11) is 0. The summed E-state index contributed by atoms with van der Waals surface area (Å²) in [5, 5.41) is 6.24. The van der Waals surface area contributed by atoms with Gasteiger partial charge >= 0.3 is 0 Å². The molecule has 0 bridgehead atoms. The smallest absolute Gasteiger partial charge is 0.247 e. The van der Waals surface area contributed by atoms with Crippen LogP contribution in [0, 0.1) is 5.92 Å². The zero-order chi connectivity index (χ0) is 12.8. The number of amides is 1. The molecule has 17 heavy (non-hydrogen) atoms. The summed E-state index contributed by atoms with van der Waals surface area (Å²) in [5.74, 6) is 0.862. The van der Waals surface area contributed by atoms with Crippen molar-refractivity contribution in [2.24, 2.45) is 5.92 Å². The van der Waals surface area contributed by atoms with Crippen molar-refractivity contribution in [1.29, 1.82) is 0 Å². The zero-order valence-corrected chi connectivity index (χ0v) is 11.6. The van der Waals surface area contributed by atoms with Crippen LogP contribution in [0.1, 0.15) is 47.0 Å². The molecular weight excluding hydrogens is 212 g/mol. The minimum absolute atomic E-state index is 0.110. The van der Waals surface area contributed by atoms with Gasteiger partial charge in [0.2, 0.25) is 5.91 Å². The predicted octanol–water partition coefficient (Wildman–Crippen LogP) is 2.24. The third-order valence-electron chi connectivity index (χ3n) is 3.34. The average Bonchev–Trinajstić information content (AvgIpc) is 2.13. The molecular formula is C14H26N2O. The topological polar surface area (TPSA) is 41.1 Å². The van der Waals surface area contributed by atoms with Gasteiger partial charge < -0.3 is 10.6 Å². The van der Waals surface area contributed by atoms with Gasteiger partial charge in [-0.15, -0.1) is 0 Å². The first-order valence-electron chi connectivity index (χ1n) is 6.71. The van der Waals surface area contributed by atoms with Crippen LogP contribution in [0.25, 0.3) is 0 Å². The molecule has 1 fully saturated rings. The maximum Gasteiger partial charge on any atom is 0.247 e. The monoisotopic (exact) mass is 238 g/mol.